The van der Waals surface area contributed by atoms with Crippen molar-refractivity contribution in [3.8, 4) is 0 Å². The van der Waals surface area contributed by atoms with Crippen molar-refractivity contribution in [1.82, 2.24) is 5.32 Å². The van der Waals surface area contributed by atoms with Crippen LogP contribution in [0.25, 0.3) is 0 Å². The molecule has 1 aliphatic heterocycles. The van der Waals surface area contributed by atoms with Crippen LogP contribution < -0.4 is 10.6 Å². The zero-order chi connectivity index (χ0) is 15.3. The molecule has 2 rings (SSSR count). The van der Waals surface area contributed by atoms with E-state index in [-0.39, 0.29) is 5.91 Å². The molecule has 0 aromatic heterocycles. The zero-order valence-corrected chi connectivity index (χ0v) is 13.3. The molecule has 1 saturated heterocycles. The number of methoxy groups -OCH3 is 1. The fourth-order valence-corrected chi connectivity index (χ4v) is 3.07. The summed E-state index contributed by atoms with van der Waals surface area (Å²) in [7, 11) is 1.67. The summed E-state index contributed by atoms with van der Waals surface area (Å²) in [5.41, 5.74) is 2.86. The summed E-state index contributed by atoms with van der Waals surface area (Å²) in [5, 5.41) is 6.49. The number of amides is 1. The highest BCUT2D eigenvalue weighted by Crippen LogP contribution is 2.32. The third-order valence-electron chi connectivity index (χ3n) is 4.44. The maximum atomic E-state index is 12.9. The molecule has 0 bridgehead atoms. The minimum Gasteiger partial charge on any atom is -0.384 e. The van der Waals surface area contributed by atoms with Gasteiger partial charge in [-0.05, 0) is 50.4 Å². The first-order chi connectivity index (χ1) is 10.1. The van der Waals surface area contributed by atoms with Crippen LogP contribution in [0.5, 0.6) is 0 Å². The summed E-state index contributed by atoms with van der Waals surface area (Å²) in [6.45, 7) is 6.37. The van der Waals surface area contributed by atoms with Crippen molar-refractivity contribution >= 4 is 11.6 Å². The second-order valence-electron chi connectivity index (χ2n) is 5.88. The summed E-state index contributed by atoms with van der Waals surface area (Å²) in [6.07, 6.45) is 2.55. The molecular formula is C17H26N2O2. The third kappa shape index (κ3) is 3.44. The van der Waals surface area contributed by atoms with E-state index in [9.17, 15) is 4.79 Å². The molecule has 0 saturated carbocycles. The van der Waals surface area contributed by atoms with E-state index in [4.69, 9.17) is 4.74 Å². The minimum atomic E-state index is -0.409. The fourth-order valence-electron chi connectivity index (χ4n) is 3.07. The van der Waals surface area contributed by atoms with Gasteiger partial charge in [-0.2, -0.15) is 0 Å². The van der Waals surface area contributed by atoms with Gasteiger partial charge in [-0.15, -0.1) is 0 Å². The topological polar surface area (TPSA) is 50.4 Å². The smallest absolute Gasteiger partial charge is 0.233 e. The van der Waals surface area contributed by atoms with Gasteiger partial charge in [0.15, 0.2) is 0 Å². The molecule has 0 atom stereocenters. The van der Waals surface area contributed by atoms with Crippen LogP contribution in [0.4, 0.5) is 5.69 Å². The van der Waals surface area contributed by atoms with E-state index in [0.29, 0.717) is 6.61 Å². The predicted molar refractivity (Wildman–Crippen MR) is 85.6 cm³/mol. The normalized spacial score (nSPS) is 17.5. The van der Waals surface area contributed by atoms with Gasteiger partial charge in [0.05, 0.1) is 12.0 Å². The maximum Gasteiger partial charge on any atom is 0.233 e. The maximum absolute atomic E-state index is 12.9. The predicted octanol–water partition coefficient (Wildman–Crippen LogP) is 2.51. The van der Waals surface area contributed by atoms with Gasteiger partial charge in [0.25, 0.3) is 0 Å². The standard InChI is InChI=1S/C17H26N2O2/c1-4-14-7-5-6-13(2)15(14)19-16(20)17(12-21-3)8-10-18-11-9-17/h5-7,18H,4,8-12H2,1-3H3,(H,19,20). The first-order valence-corrected chi connectivity index (χ1v) is 7.72. The van der Waals surface area contributed by atoms with E-state index in [2.05, 4.69) is 23.6 Å². The number of ether oxygens (including phenoxy) is 1. The fraction of sp³-hybridized carbons (Fsp3) is 0.588. The lowest BCUT2D eigenvalue weighted by molar-refractivity contribution is -0.130. The van der Waals surface area contributed by atoms with Gasteiger partial charge in [0, 0.05) is 12.8 Å². The molecular weight excluding hydrogens is 264 g/mol. The number of carbonyl (C=O) groups is 1. The number of aryl methyl sites for hydroxylation is 2. The lowest BCUT2D eigenvalue weighted by atomic mass is 9.78. The number of benzene rings is 1. The summed E-state index contributed by atoms with van der Waals surface area (Å²) >= 11 is 0. The second-order valence-corrected chi connectivity index (χ2v) is 5.88. The van der Waals surface area contributed by atoms with E-state index in [1.54, 1.807) is 7.11 Å². The summed E-state index contributed by atoms with van der Waals surface area (Å²) in [4.78, 5) is 12.9. The number of hydrogen-bond acceptors (Lipinski definition) is 3. The monoisotopic (exact) mass is 290 g/mol. The average molecular weight is 290 g/mol. The van der Waals surface area contributed by atoms with E-state index in [1.807, 2.05) is 19.1 Å². The summed E-state index contributed by atoms with van der Waals surface area (Å²) in [5.74, 6) is 0.0925. The molecule has 0 aliphatic carbocycles. The second kappa shape index (κ2) is 7.05. The molecule has 1 amide bonds. The molecule has 1 aliphatic rings. The molecule has 1 aromatic carbocycles. The molecule has 4 nitrogen and oxygen atoms in total. The van der Waals surface area contributed by atoms with Gasteiger partial charge in [0.2, 0.25) is 5.91 Å². The quantitative estimate of drug-likeness (QED) is 0.876. The van der Waals surface area contributed by atoms with Gasteiger partial charge in [-0.25, -0.2) is 0 Å². The molecule has 0 radical (unpaired) electrons. The molecule has 0 unspecified atom stereocenters. The number of piperidine rings is 1. The highest BCUT2D eigenvalue weighted by Gasteiger charge is 2.39. The number of para-hydroxylation sites is 1. The van der Waals surface area contributed by atoms with Crippen molar-refractivity contribution in [1.29, 1.82) is 0 Å². The Hall–Kier alpha value is -1.39. The lowest BCUT2D eigenvalue weighted by Gasteiger charge is -2.35. The Morgan fingerprint density at radius 1 is 1.38 bits per heavy atom. The van der Waals surface area contributed by atoms with Crippen molar-refractivity contribution in [3.05, 3.63) is 29.3 Å². The zero-order valence-electron chi connectivity index (χ0n) is 13.3. The van der Waals surface area contributed by atoms with Crippen molar-refractivity contribution in [2.45, 2.75) is 33.1 Å². The van der Waals surface area contributed by atoms with Crippen LogP contribution in [0.15, 0.2) is 18.2 Å². The largest absolute Gasteiger partial charge is 0.384 e. The third-order valence-corrected chi connectivity index (χ3v) is 4.44. The highest BCUT2D eigenvalue weighted by atomic mass is 16.5. The Labute approximate surface area is 127 Å². The van der Waals surface area contributed by atoms with Crippen molar-refractivity contribution < 1.29 is 9.53 Å². The van der Waals surface area contributed by atoms with E-state index in [1.165, 1.54) is 5.56 Å². The minimum absolute atomic E-state index is 0.0925. The van der Waals surface area contributed by atoms with Gasteiger partial charge in [-0.1, -0.05) is 25.1 Å². The molecule has 21 heavy (non-hydrogen) atoms. The van der Waals surface area contributed by atoms with E-state index < -0.39 is 5.41 Å². The molecule has 1 heterocycles. The molecule has 1 aromatic rings. The Morgan fingerprint density at radius 2 is 2.10 bits per heavy atom. The Balaban J connectivity index is 2.23. The Kier molecular flexibility index (Phi) is 5.37. The van der Waals surface area contributed by atoms with Crippen molar-refractivity contribution in [2.24, 2.45) is 5.41 Å². The highest BCUT2D eigenvalue weighted by molar-refractivity contribution is 5.96. The average Bonchev–Trinajstić information content (AvgIpc) is 2.50. The van der Waals surface area contributed by atoms with Gasteiger partial charge in [0.1, 0.15) is 0 Å². The molecule has 0 spiro atoms. The van der Waals surface area contributed by atoms with Crippen molar-refractivity contribution in [2.75, 3.05) is 32.1 Å². The van der Waals surface area contributed by atoms with Gasteiger partial charge in [-0.3, -0.25) is 4.79 Å². The van der Waals surface area contributed by atoms with Crippen LogP contribution in [-0.4, -0.2) is 32.7 Å². The van der Waals surface area contributed by atoms with Crippen LogP contribution in [0.1, 0.15) is 30.9 Å². The number of anilines is 1. The SMILES string of the molecule is CCc1cccc(C)c1NC(=O)C1(COC)CCNCC1. The van der Waals surface area contributed by atoms with Crippen LogP contribution in [0.2, 0.25) is 0 Å². The van der Waals surface area contributed by atoms with Crippen LogP contribution >= 0.6 is 0 Å². The Bertz CT molecular complexity index is 488. The molecule has 116 valence electrons. The Morgan fingerprint density at radius 3 is 2.71 bits per heavy atom. The summed E-state index contributed by atoms with van der Waals surface area (Å²) in [6, 6.07) is 6.16. The number of rotatable bonds is 5. The number of nitrogens with one attached hydrogen (secondary N) is 2. The number of hydrogen-bond donors (Lipinski definition) is 2. The summed E-state index contributed by atoms with van der Waals surface area (Å²) < 4.78 is 5.34. The first-order valence-electron chi connectivity index (χ1n) is 7.72. The van der Waals surface area contributed by atoms with E-state index in [0.717, 1.165) is 43.6 Å². The lowest BCUT2D eigenvalue weighted by Crippen LogP contribution is -2.47. The molecule has 1 fully saturated rings. The number of carbonyl (C=O) groups excluding carboxylic acids is 1. The van der Waals surface area contributed by atoms with Crippen LogP contribution in [-0.2, 0) is 16.0 Å². The first kappa shape index (κ1) is 16.0. The van der Waals surface area contributed by atoms with Crippen LogP contribution in [0, 0.1) is 12.3 Å². The molecule has 4 heteroatoms. The van der Waals surface area contributed by atoms with Gasteiger partial charge < -0.3 is 15.4 Å². The van der Waals surface area contributed by atoms with Crippen LogP contribution in [0.3, 0.4) is 0 Å². The molecule has 2 N–H and O–H groups in total. The van der Waals surface area contributed by atoms with Crippen molar-refractivity contribution in [3.63, 3.8) is 0 Å². The van der Waals surface area contributed by atoms with Gasteiger partial charge >= 0.3 is 0 Å². The van der Waals surface area contributed by atoms with E-state index >= 15 is 0 Å².